The van der Waals surface area contributed by atoms with Gasteiger partial charge in [0.2, 0.25) is 0 Å². The van der Waals surface area contributed by atoms with E-state index < -0.39 is 0 Å². The molecule has 1 heterocycles. The number of nitrogens with one attached hydrogen (secondary N) is 2. The molecule has 1 unspecified atom stereocenters. The number of imidazole rings is 1. The summed E-state index contributed by atoms with van der Waals surface area (Å²) in [6, 6.07) is 3.93. The van der Waals surface area contributed by atoms with Crippen molar-refractivity contribution in [2.75, 3.05) is 0 Å². The summed E-state index contributed by atoms with van der Waals surface area (Å²) in [5.74, 6) is 0. The Kier molecular flexibility index (Phi) is 3.50. The van der Waals surface area contributed by atoms with E-state index in [4.69, 9.17) is 5.73 Å². The molecule has 4 nitrogen and oxygen atoms in total. The summed E-state index contributed by atoms with van der Waals surface area (Å²) < 4.78 is 0.972. The van der Waals surface area contributed by atoms with Crippen molar-refractivity contribution in [2.24, 2.45) is 11.1 Å². The van der Waals surface area contributed by atoms with Crippen LogP contribution in [0.15, 0.2) is 21.4 Å². The first-order valence-electron chi connectivity index (χ1n) is 7.17. The lowest BCUT2D eigenvalue weighted by atomic mass is 9.69. The second kappa shape index (κ2) is 5.04. The van der Waals surface area contributed by atoms with Crippen LogP contribution in [0.1, 0.15) is 50.6 Å². The molecule has 1 aliphatic rings. The molecule has 0 radical (unpaired) electrons. The minimum Gasteiger partial charge on any atom is -0.323 e. The molecular weight excluding hydrogens is 318 g/mol. The molecule has 1 fully saturated rings. The van der Waals surface area contributed by atoms with Crippen molar-refractivity contribution in [3.05, 3.63) is 32.7 Å². The van der Waals surface area contributed by atoms with E-state index in [1.165, 1.54) is 32.1 Å². The van der Waals surface area contributed by atoms with Gasteiger partial charge in [0.05, 0.1) is 11.0 Å². The number of aromatic nitrogens is 2. The summed E-state index contributed by atoms with van der Waals surface area (Å²) in [7, 11) is 0. The summed E-state index contributed by atoms with van der Waals surface area (Å²) in [5.41, 5.74) is 9.25. The van der Waals surface area contributed by atoms with E-state index in [1.807, 2.05) is 12.1 Å². The monoisotopic (exact) mass is 337 g/mol. The Morgan fingerprint density at radius 3 is 2.45 bits per heavy atom. The first-order chi connectivity index (χ1) is 9.49. The van der Waals surface area contributed by atoms with E-state index in [9.17, 15) is 4.79 Å². The molecule has 1 aromatic carbocycles. The van der Waals surface area contributed by atoms with Crippen molar-refractivity contribution in [3.8, 4) is 0 Å². The maximum atomic E-state index is 11.4. The number of fused-ring (bicyclic) bond motifs is 1. The quantitative estimate of drug-likeness (QED) is 0.783. The third-order valence-electron chi connectivity index (χ3n) is 4.71. The Morgan fingerprint density at radius 2 is 1.80 bits per heavy atom. The standard InChI is InChI=1S/C15H20BrN3O/c1-15(5-3-2-4-6-15)13(17)9-7-11-12(8-10(9)16)19-14(20)18-11/h7-8,13H,2-6,17H2,1H3,(H2,18,19,20). The number of halogens is 1. The van der Waals surface area contributed by atoms with Crippen LogP contribution < -0.4 is 11.4 Å². The van der Waals surface area contributed by atoms with Gasteiger partial charge in [-0.3, -0.25) is 0 Å². The molecule has 0 saturated heterocycles. The van der Waals surface area contributed by atoms with E-state index in [1.54, 1.807) is 0 Å². The van der Waals surface area contributed by atoms with Crippen LogP contribution in [0.2, 0.25) is 0 Å². The van der Waals surface area contributed by atoms with Gasteiger partial charge >= 0.3 is 5.69 Å². The second-order valence-corrected chi connectivity index (χ2v) is 7.05. The predicted octanol–water partition coefficient (Wildman–Crippen LogP) is 3.59. The fourth-order valence-electron chi connectivity index (χ4n) is 3.36. The number of nitrogens with two attached hydrogens (primary N) is 1. The largest absolute Gasteiger partial charge is 0.323 e. The van der Waals surface area contributed by atoms with Crippen molar-refractivity contribution in [1.29, 1.82) is 0 Å². The summed E-state index contributed by atoms with van der Waals surface area (Å²) in [4.78, 5) is 17.0. The third-order valence-corrected chi connectivity index (χ3v) is 5.40. The van der Waals surface area contributed by atoms with Gasteiger partial charge in [-0.1, -0.05) is 42.1 Å². The molecule has 20 heavy (non-hydrogen) atoms. The van der Waals surface area contributed by atoms with E-state index in [-0.39, 0.29) is 17.1 Å². The molecule has 1 atom stereocenters. The lowest BCUT2D eigenvalue weighted by Gasteiger charge is -2.39. The van der Waals surface area contributed by atoms with Gasteiger partial charge in [-0.2, -0.15) is 0 Å². The van der Waals surface area contributed by atoms with Crippen LogP contribution >= 0.6 is 15.9 Å². The molecule has 0 amide bonds. The number of benzene rings is 1. The van der Waals surface area contributed by atoms with Gasteiger partial charge in [-0.15, -0.1) is 0 Å². The summed E-state index contributed by atoms with van der Waals surface area (Å²) in [6.07, 6.45) is 6.16. The van der Waals surface area contributed by atoms with Crippen molar-refractivity contribution in [2.45, 2.75) is 45.1 Å². The molecule has 1 aliphatic carbocycles. The van der Waals surface area contributed by atoms with Crippen molar-refractivity contribution in [1.82, 2.24) is 9.97 Å². The Morgan fingerprint density at radius 1 is 1.20 bits per heavy atom. The van der Waals surface area contributed by atoms with Crippen molar-refractivity contribution in [3.63, 3.8) is 0 Å². The van der Waals surface area contributed by atoms with Crippen LogP contribution in [0.3, 0.4) is 0 Å². The minimum absolute atomic E-state index is 0.0139. The number of aromatic amines is 2. The highest BCUT2D eigenvalue weighted by molar-refractivity contribution is 9.10. The number of hydrogen-bond acceptors (Lipinski definition) is 2. The van der Waals surface area contributed by atoms with E-state index in [0.29, 0.717) is 0 Å². The first kappa shape index (κ1) is 13.9. The van der Waals surface area contributed by atoms with Gasteiger partial charge in [0.1, 0.15) is 0 Å². The lowest BCUT2D eigenvalue weighted by Crippen LogP contribution is -2.34. The predicted molar refractivity (Wildman–Crippen MR) is 84.7 cm³/mol. The molecule has 1 aromatic heterocycles. The number of hydrogen-bond donors (Lipinski definition) is 3. The third kappa shape index (κ3) is 2.33. The van der Waals surface area contributed by atoms with E-state index in [2.05, 4.69) is 32.8 Å². The zero-order valence-electron chi connectivity index (χ0n) is 11.6. The fraction of sp³-hybridized carbons (Fsp3) is 0.533. The summed E-state index contributed by atoms with van der Waals surface area (Å²) in [6.45, 7) is 2.29. The van der Waals surface area contributed by atoms with Crippen LogP contribution in [-0.2, 0) is 0 Å². The van der Waals surface area contributed by atoms with Crippen LogP contribution in [0, 0.1) is 5.41 Å². The molecule has 0 spiro atoms. The zero-order chi connectivity index (χ0) is 14.3. The van der Waals surface area contributed by atoms with Crippen LogP contribution in [-0.4, -0.2) is 9.97 Å². The first-order valence-corrected chi connectivity index (χ1v) is 7.96. The molecular formula is C15H20BrN3O. The van der Waals surface area contributed by atoms with Gasteiger partial charge in [0.25, 0.3) is 0 Å². The highest BCUT2D eigenvalue weighted by Gasteiger charge is 2.35. The van der Waals surface area contributed by atoms with Gasteiger partial charge in [0, 0.05) is 10.5 Å². The minimum atomic E-state index is -0.179. The maximum Gasteiger partial charge on any atom is 0.323 e. The Labute approximate surface area is 126 Å². The summed E-state index contributed by atoms with van der Waals surface area (Å²) >= 11 is 3.60. The average molecular weight is 338 g/mol. The lowest BCUT2D eigenvalue weighted by molar-refractivity contribution is 0.170. The molecule has 1 saturated carbocycles. The highest BCUT2D eigenvalue weighted by atomic mass is 79.9. The van der Waals surface area contributed by atoms with E-state index >= 15 is 0 Å². The van der Waals surface area contributed by atoms with Crippen molar-refractivity contribution >= 4 is 27.0 Å². The van der Waals surface area contributed by atoms with Gasteiger partial charge in [0.15, 0.2) is 0 Å². The normalized spacial score (nSPS) is 20.1. The smallest absolute Gasteiger partial charge is 0.323 e. The fourth-order valence-corrected chi connectivity index (χ4v) is 3.95. The Bertz CT molecular complexity index is 682. The SMILES string of the molecule is CC1(C(N)c2cc3[nH]c(=O)[nH]c3cc2Br)CCCCC1. The molecule has 4 N–H and O–H groups in total. The average Bonchev–Trinajstić information content (AvgIpc) is 2.77. The number of H-pyrrole nitrogens is 2. The van der Waals surface area contributed by atoms with Crippen LogP contribution in [0.4, 0.5) is 0 Å². The Hall–Kier alpha value is -1.07. The van der Waals surface area contributed by atoms with Gasteiger partial charge in [-0.25, -0.2) is 4.79 Å². The summed E-state index contributed by atoms with van der Waals surface area (Å²) in [5, 5.41) is 0. The molecule has 0 bridgehead atoms. The van der Waals surface area contributed by atoms with Gasteiger partial charge < -0.3 is 15.7 Å². The number of rotatable bonds is 2. The second-order valence-electron chi connectivity index (χ2n) is 6.19. The van der Waals surface area contributed by atoms with E-state index in [0.717, 1.165) is 21.1 Å². The van der Waals surface area contributed by atoms with Crippen molar-refractivity contribution < 1.29 is 0 Å². The van der Waals surface area contributed by atoms with Gasteiger partial charge in [-0.05, 0) is 36.0 Å². The molecule has 3 rings (SSSR count). The maximum absolute atomic E-state index is 11.4. The molecule has 0 aliphatic heterocycles. The highest BCUT2D eigenvalue weighted by Crippen LogP contribution is 2.46. The molecule has 5 heteroatoms. The Balaban J connectivity index is 2.03. The van der Waals surface area contributed by atoms with Crippen LogP contribution in [0.25, 0.3) is 11.0 Å². The van der Waals surface area contributed by atoms with Crippen LogP contribution in [0.5, 0.6) is 0 Å². The zero-order valence-corrected chi connectivity index (χ0v) is 13.2. The topological polar surface area (TPSA) is 74.7 Å². The molecule has 2 aromatic rings. The molecule has 108 valence electrons.